The smallest absolute Gasteiger partial charge is 0.230 e. The number of carbonyl (C=O) groups is 1. The van der Waals surface area contributed by atoms with Crippen molar-refractivity contribution in [3.8, 4) is 0 Å². The molecule has 0 aliphatic heterocycles. The number of aromatic amines is 1. The number of aromatic nitrogens is 3. The van der Waals surface area contributed by atoms with Crippen LogP contribution in [0.15, 0.2) is 17.0 Å². The summed E-state index contributed by atoms with van der Waals surface area (Å²) in [5.74, 6) is 2.05. The van der Waals surface area contributed by atoms with E-state index in [1.54, 1.807) is 24.3 Å². The average Bonchev–Trinajstić information content (AvgIpc) is 3.03. The lowest BCUT2D eigenvalue weighted by Crippen LogP contribution is -2.27. The average molecular weight is 294 g/mol. The van der Waals surface area contributed by atoms with Crippen molar-refractivity contribution in [2.45, 2.75) is 26.0 Å². The van der Waals surface area contributed by atoms with Crippen LogP contribution >= 0.6 is 11.8 Å². The van der Waals surface area contributed by atoms with Gasteiger partial charge in [-0.05, 0) is 13.8 Å². The molecule has 20 heavy (non-hydrogen) atoms. The molecule has 0 atom stereocenters. The van der Waals surface area contributed by atoms with Crippen LogP contribution in [0.5, 0.6) is 0 Å². The van der Waals surface area contributed by atoms with Crippen LogP contribution in [0, 0.1) is 13.8 Å². The highest BCUT2D eigenvalue weighted by Crippen LogP contribution is 2.19. The van der Waals surface area contributed by atoms with Crippen LogP contribution in [0.3, 0.4) is 0 Å². The Hall–Kier alpha value is -1.76. The molecule has 7 heteroatoms. The van der Waals surface area contributed by atoms with E-state index in [9.17, 15) is 4.79 Å². The molecule has 0 saturated heterocycles. The number of nitrogens with zero attached hydrogens (tertiary/aromatic N) is 2. The van der Waals surface area contributed by atoms with Gasteiger partial charge in [0.1, 0.15) is 5.76 Å². The van der Waals surface area contributed by atoms with Crippen molar-refractivity contribution in [2.24, 2.45) is 0 Å². The van der Waals surface area contributed by atoms with Gasteiger partial charge in [-0.1, -0.05) is 5.16 Å². The first-order chi connectivity index (χ1) is 9.66. The second-order valence-electron chi connectivity index (χ2n) is 4.47. The van der Waals surface area contributed by atoms with Gasteiger partial charge in [-0.15, -0.1) is 11.8 Å². The summed E-state index contributed by atoms with van der Waals surface area (Å²) in [4.78, 5) is 18.6. The lowest BCUT2D eigenvalue weighted by atomic mass is 10.2. The fourth-order valence-corrected chi connectivity index (χ4v) is 2.77. The van der Waals surface area contributed by atoms with Gasteiger partial charge in [0.2, 0.25) is 5.91 Å². The predicted octanol–water partition coefficient (Wildman–Crippen LogP) is 1.61. The standard InChI is InChI=1S/C13H18N4O2S/c1-9-12(10(2)19-17-9)6-20-7-13(18)15-4-3-11-5-14-8-16-11/h5,8H,3-4,6-7H2,1-2H3,(H,14,16)(H,15,18). The Morgan fingerprint density at radius 1 is 1.50 bits per heavy atom. The summed E-state index contributed by atoms with van der Waals surface area (Å²) in [5, 5.41) is 6.78. The van der Waals surface area contributed by atoms with Crippen LogP contribution < -0.4 is 5.32 Å². The van der Waals surface area contributed by atoms with E-state index in [0.29, 0.717) is 12.3 Å². The second kappa shape index (κ2) is 7.14. The largest absolute Gasteiger partial charge is 0.361 e. The Kier molecular flexibility index (Phi) is 5.23. The highest BCUT2D eigenvalue weighted by molar-refractivity contribution is 7.99. The minimum atomic E-state index is 0.0428. The summed E-state index contributed by atoms with van der Waals surface area (Å²) in [6.45, 7) is 4.42. The van der Waals surface area contributed by atoms with E-state index < -0.39 is 0 Å². The summed E-state index contributed by atoms with van der Waals surface area (Å²) in [6.07, 6.45) is 4.16. The topological polar surface area (TPSA) is 83.8 Å². The third kappa shape index (κ3) is 4.12. The summed E-state index contributed by atoms with van der Waals surface area (Å²) < 4.78 is 5.09. The first-order valence-corrected chi connectivity index (χ1v) is 7.55. The Balaban J connectivity index is 1.63. The molecule has 0 aromatic carbocycles. The minimum absolute atomic E-state index is 0.0428. The van der Waals surface area contributed by atoms with Crippen molar-refractivity contribution in [2.75, 3.05) is 12.3 Å². The number of carbonyl (C=O) groups excluding carboxylic acids is 1. The third-order valence-electron chi connectivity index (χ3n) is 2.93. The number of aryl methyl sites for hydroxylation is 2. The van der Waals surface area contributed by atoms with Crippen LogP contribution in [-0.2, 0) is 17.0 Å². The van der Waals surface area contributed by atoms with Crippen LogP contribution in [0.1, 0.15) is 22.7 Å². The minimum Gasteiger partial charge on any atom is -0.361 e. The first kappa shape index (κ1) is 14.6. The van der Waals surface area contributed by atoms with Crippen molar-refractivity contribution < 1.29 is 9.32 Å². The lowest BCUT2D eigenvalue weighted by molar-refractivity contribution is -0.118. The van der Waals surface area contributed by atoms with Crippen LogP contribution in [0.4, 0.5) is 0 Å². The summed E-state index contributed by atoms with van der Waals surface area (Å²) >= 11 is 1.56. The molecule has 0 unspecified atom stereocenters. The Labute approximate surface area is 121 Å². The van der Waals surface area contributed by atoms with E-state index >= 15 is 0 Å². The van der Waals surface area contributed by atoms with Crippen molar-refractivity contribution >= 4 is 17.7 Å². The van der Waals surface area contributed by atoms with E-state index in [1.807, 2.05) is 13.8 Å². The molecule has 2 aromatic rings. The lowest BCUT2D eigenvalue weighted by Gasteiger charge is -2.04. The van der Waals surface area contributed by atoms with E-state index in [2.05, 4.69) is 20.4 Å². The fraction of sp³-hybridized carbons (Fsp3) is 0.462. The van der Waals surface area contributed by atoms with E-state index in [1.165, 1.54) is 0 Å². The maximum Gasteiger partial charge on any atom is 0.230 e. The molecule has 0 aliphatic rings. The molecule has 0 bridgehead atoms. The quantitative estimate of drug-likeness (QED) is 0.810. The van der Waals surface area contributed by atoms with Gasteiger partial charge < -0.3 is 14.8 Å². The monoisotopic (exact) mass is 294 g/mol. The van der Waals surface area contributed by atoms with Gasteiger partial charge in [-0.2, -0.15) is 0 Å². The number of rotatable bonds is 7. The number of nitrogens with one attached hydrogen (secondary N) is 2. The Morgan fingerprint density at radius 3 is 3.00 bits per heavy atom. The second-order valence-corrected chi connectivity index (χ2v) is 5.46. The summed E-state index contributed by atoms with van der Waals surface area (Å²) in [5.41, 5.74) is 3.00. The van der Waals surface area contributed by atoms with Crippen molar-refractivity contribution in [3.63, 3.8) is 0 Å². The van der Waals surface area contributed by atoms with Gasteiger partial charge in [0.15, 0.2) is 0 Å². The molecular formula is C13H18N4O2S. The Bertz CT molecular complexity index is 531. The normalized spacial score (nSPS) is 10.7. The van der Waals surface area contributed by atoms with Gasteiger partial charge in [-0.25, -0.2) is 4.98 Å². The maximum atomic E-state index is 11.7. The molecule has 1 amide bonds. The van der Waals surface area contributed by atoms with E-state index in [0.717, 1.165) is 34.9 Å². The third-order valence-corrected chi connectivity index (χ3v) is 3.89. The van der Waals surface area contributed by atoms with Crippen LogP contribution in [-0.4, -0.2) is 33.3 Å². The van der Waals surface area contributed by atoms with Crippen LogP contribution in [0.2, 0.25) is 0 Å². The number of hydrogen-bond donors (Lipinski definition) is 2. The number of imidazole rings is 1. The molecule has 0 saturated carbocycles. The number of amides is 1. The molecule has 2 heterocycles. The molecule has 0 fully saturated rings. The van der Waals surface area contributed by atoms with Gasteiger partial charge in [0.05, 0.1) is 17.8 Å². The SMILES string of the molecule is Cc1noc(C)c1CSCC(=O)NCCc1cnc[nH]1. The van der Waals surface area contributed by atoms with Gasteiger partial charge in [0.25, 0.3) is 0 Å². The zero-order chi connectivity index (χ0) is 14.4. The molecule has 2 N–H and O–H groups in total. The van der Waals surface area contributed by atoms with Crippen LogP contribution in [0.25, 0.3) is 0 Å². The number of hydrogen-bond acceptors (Lipinski definition) is 5. The Morgan fingerprint density at radius 2 is 2.35 bits per heavy atom. The zero-order valence-corrected chi connectivity index (χ0v) is 12.4. The molecule has 0 aliphatic carbocycles. The predicted molar refractivity (Wildman–Crippen MR) is 77.4 cm³/mol. The van der Waals surface area contributed by atoms with Crippen molar-refractivity contribution in [1.82, 2.24) is 20.4 Å². The van der Waals surface area contributed by atoms with Crippen molar-refractivity contribution in [3.05, 3.63) is 35.2 Å². The summed E-state index contributed by atoms with van der Waals surface area (Å²) in [7, 11) is 0. The van der Waals surface area contributed by atoms with Gasteiger partial charge >= 0.3 is 0 Å². The molecule has 108 valence electrons. The molecule has 0 radical (unpaired) electrons. The molecular weight excluding hydrogens is 276 g/mol. The maximum absolute atomic E-state index is 11.7. The molecule has 0 spiro atoms. The molecule has 2 aromatic heterocycles. The molecule has 6 nitrogen and oxygen atoms in total. The summed E-state index contributed by atoms with van der Waals surface area (Å²) in [6, 6.07) is 0. The highest BCUT2D eigenvalue weighted by Gasteiger charge is 2.09. The van der Waals surface area contributed by atoms with Gasteiger partial charge in [0, 0.05) is 36.2 Å². The highest BCUT2D eigenvalue weighted by atomic mass is 32.2. The van der Waals surface area contributed by atoms with E-state index in [4.69, 9.17) is 4.52 Å². The van der Waals surface area contributed by atoms with Crippen molar-refractivity contribution in [1.29, 1.82) is 0 Å². The van der Waals surface area contributed by atoms with E-state index in [-0.39, 0.29) is 5.91 Å². The number of thioether (sulfide) groups is 1. The number of H-pyrrole nitrogens is 1. The molecule has 2 rings (SSSR count). The fourth-order valence-electron chi connectivity index (χ4n) is 1.76. The first-order valence-electron chi connectivity index (χ1n) is 6.40. The zero-order valence-electron chi connectivity index (χ0n) is 11.6. The van der Waals surface area contributed by atoms with Gasteiger partial charge in [-0.3, -0.25) is 4.79 Å².